The number of nitrogens with one attached hydrogen (secondary N) is 1. The summed E-state index contributed by atoms with van der Waals surface area (Å²) in [5.41, 5.74) is 2.14. The second kappa shape index (κ2) is 4.92. The molecule has 1 unspecified atom stereocenters. The van der Waals surface area contributed by atoms with E-state index < -0.39 is 0 Å². The zero-order chi connectivity index (χ0) is 10.5. The van der Waals surface area contributed by atoms with Gasteiger partial charge in [0.15, 0.2) is 0 Å². The summed E-state index contributed by atoms with van der Waals surface area (Å²) in [5.74, 6) is 0.388. The second-order valence-corrected chi connectivity index (χ2v) is 4.15. The Morgan fingerprint density at radius 3 is 2.67 bits per heavy atom. The van der Waals surface area contributed by atoms with Gasteiger partial charge in [-0.05, 0) is 24.8 Å². The predicted octanol–water partition coefficient (Wildman–Crippen LogP) is 3.91. The number of hydrogen-bond acceptors (Lipinski definition) is 1. The average molecular weight is 199 g/mol. The molecule has 78 valence electrons. The third-order valence-electron chi connectivity index (χ3n) is 2.98. The number of allylic oxidation sites excluding steroid dienone is 1. The Morgan fingerprint density at radius 1 is 1.13 bits per heavy atom. The molecule has 0 amide bonds. The Kier molecular flexibility index (Phi) is 3.33. The monoisotopic (exact) mass is 199 g/mol. The number of benzene rings is 1. The third-order valence-corrected chi connectivity index (χ3v) is 2.98. The molecule has 1 atom stereocenters. The highest BCUT2D eigenvalue weighted by atomic mass is 14.4. The van der Waals surface area contributed by atoms with Crippen LogP contribution in [0.15, 0.2) is 36.4 Å². The van der Waals surface area contributed by atoms with Crippen molar-refractivity contribution >= 4 is 11.8 Å². The first-order valence-corrected chi connectivity index (χ1v) is 5.67. The minimum Gasteiger partial charge on any atom is -0.309 e. The lowest BCUT2D eigenvalue weighted by atomic mass is 9.87. The summed E-state index contributed by atoms with van der Waals surface area (Å²) >= 11 is 0. The zero-order valence-electron chi connectivity index (χ0n) is 8.95. The van der Waals surface area contributed by atoms with Crippen molar-refractivity contribution in [1.82, 2.24) is 0 Å². The van der Waals surface area contributed by atoms with Crippen molar-refractivity contribution in [2.75, 3.05) is 0 Å². The molecule has 0 radical (unpaired) electrons. The van der Waals surface area contributed by atoms with E-state index in [1.165, 1.54) is 18.4 Å². The Balaban J connectivity index is 2.01. The number of hydrogen-bond donors (Lipinski definition) is 1. The van der Waals surface area contributed by atoms with Crippen LogP contribution in [0.5, 0.6) is 0 Å². The van der Waals surface area contributed by atoms with Crippen molar-refractivity contribution in [3.63, 3.8) is 0 Å². The molecular weight excluding hydrogens is 182 g/mol. The van der Waals surface area contributed by atoms with Crippen LogP contribution in [0, 0.1) is 11.3 Å². The summed E-state index contributed by atoms with van der Waals surface area (Å²) in [4.78, 5) is 0. The maximum Gasteiger partial charge on any atom is 0.0158 e. The molecule has 0 bridgehead atoms. The van der Waals surface area contributed by atoms with Gasteiger partial charge in [-0.25, -0.2) is 0 Å². The van der Waals surface area contributed by atoms with Gasteiger partial charge in [-0.1, -0.05) is 48.9 Å². The molecular formula is C14H17N. The Morgan fingerprint density at radius 2 is 1.93 bits per heavy atom. The molecule has 0 aromatic heterocycles. The summed E-state index contributed by atoms with van der Waals surface area (Å²) in [6.45, 7) is 0. The molecule has 1 fully saturated rings. The van der Waals surface area contributed by atoms with E-state index in [1.54, 1.807) is 0 Å². The lowest BCUT2D eigenvalue weighted by Gasteiger charge is -2.19. The number of rotatable bonds is 2. The van der Waals surface area contributed by atoms with Crippen LogP contribution in [0.1, 0.15) is 31.2 Å². The molecule has 1 nitrogen and oxygen atoms in total. The Bertz CT molecular complexity index is 351. The molecule has 2 rings (SSSR count). The van der Waals surface area contributed by atoms with Crippen molar-refractivity contribution < 1.29 is 0 Å². The fourth-order valence-corrected chi connectivity index (χ4v) is 2.04. The molecule has 0 spiro atoms. The smallest absolute Gasteiger partial charge is 0.0158 e. The van der Waals surface area contributed by atoms with E-state index in [4.69, 9.17) is 5.41 Å². The van der Waals surface area contributed by atoms with Crippen LogP contribution in [0.25, 0.3) is 6.08 Å². The Labute approximate surface area is 91.3 Å². The van der Waals surface area contributed by atoms with Crippen LogP contribution in [-0.4, -0.2) is 5.71 Å². The minimum atomic E-state index is 0.388. The summed E-state index contributed by atoms with van der Waals surface area (Å²) in [7, 11) is 0. The average Bonchev–Trinajstić information content (AvgIpc) is 2.29. The standard InChI is InChI=1S/C14H17N/c15-14-9-5-4-8-13(14)11-10-12-6-2-1-3-7-12/h1-3,6-7,10-11,13,15H,4-5,8-9H2. The van der Waals surface area contributed by atoms with E-state index in [0.29, 0.717) is 5.92 Å². The van der Waals surface area contributed by atoms with Crippen LogP contribution < -0.4 is 0 Å². The molecule has 0 aliphatic heterocycles. The van der Waals surface area contributed by atoms with Crippen molar-refractivity contribution in [2.45, 2.75) is 25.7 Å². The van der Waals surface area contributed by atoms with E-state index in [-0.39, 0.29) is 0 Å². The van der Waals surface area contributed by atoms with Crippen LogP contribution >= 0.6 is 0 Å². The molecule has 0 heterocycles. The Hall–Kier alpha value is -1.37. The van der Waals surface area contributed by atoms with Gasteiger partial charge in [0.05, 0.1) is 0 Å². The van der Waals surface area contributed by atoms with Crippen LogP contribution in [0.3, 0.4) is 0 Å². The van der Waals surface area contributed by atoms with Crippen LogP contribution in [0.4, 0.5) is 0 Å². The fourth-order valence-electron chi connectivity index (χ4n) is 2.04. The SMILES string of the molecule is N=C1CCCCC1C=Cc1ccccc1. The largest absolute Gasteiger partial charge is 0.309 e. The van der Waals surface area contributed by atoms with E-state index in [0.717, 1.165) is 18.6 Å². The molecule has 1 N–H and O–H groups in total. The van der Waals surface area contributed by atoms with Gasteiger partial charge in [0.2, 0.25) is 0 Å². The first-order valence-electron chi connectivity index (χ1n) is 5.67. The van der Waals surface area contributed by atoms with Gasteiger partial charge in [-0.15, -0.1) is 0 Å². The van der Waals surface area contributed by atoms with Crippen molar-refractivity contribution in [3.8, 4) is 0 Å². The second-order valence-electron chi connectivity index (χ2n) is 4.15. The van der Waals surface area contributed by atoms with Gasteiger partial charge < -0.3 is 5.41 Å². The summed E-state index contributed by atoms with van der Waals surface area (Å²) < 4.78 is 0. The van der Waals surface area contributed by atoms with Gasteiger partial charge in [-0.3, -0.25) is 0 Å². The molecule has 1 aromatic carbocycles. The van der Waals surface area contributed by atoms with E-state index in [1.807, 2.05) is 18.2 Å². The quantitative estimate of drug-likeness (QED) is 0.746. The molecule has 1 saturated carbocycles. The summed E-state index contributed by atoms with van der Waals surface area (Å²) in [6.07, 6.45) is 8.95. The maximum atomic E-state index is 7.86. The maximum absolute atomic E-state index is 7.86. The highest BCUT2D eigenvalue weighted by Crippen LogP contribution is 2.22. The first-order chi connectivity index (χ1) is 7.36. The molecule has 1 aliphatic carbocycles. The normalized spacial score (nSPS) is 22.1. The van der Waals surface area contributed by atoms with Crippen molar-refractivity contribution in [2.24, 2.45) is 5.92 Å². The predicted molar refractivity (Wildman–Crippen MR) is 65.2 cm³/mol. The van der Waals surface area contributed by atoms with Crippen molar-refractivity contribution in [3.05, 3.63) is 42.0 Å². The molecule has 1 heteroatoms. The lowest BCUT2D eigenvalue weighted by Crippen LogP contribution is -2.15. The van der Waals surface area contributed by atoms with E-state index in [9.17, 15) is 0 Å². The summed E-state index contributed by atoms with van der Waals surface area (Å²) in [5, 5.41) is 7.86. The lowest BCUT2D eigenvalue weighted by molar-refractivity contribution is 0.592. The van der Waals surface area contributed by atoms with Gasteiger partial charge in [0.1, 0.15) is 0 Å². The topological polar surface area (TPSA) is 23.9 Å². The zero-order valence-corrected chi connectivity index (χ0v) is 8.95. The minimum absolute atomic E-state index is 0.388. The summed E-state index contributed by atoms with van der Waals surface area (Å²) in [6, 6.07) is 10.3. The van der Waals surface area contributed by atoms with E-state index >= 15 is 0 Å². The van der Waals surface area contributed by atoms with Gasteiger partial charge in [0.25, 0.3) is 0 Å². The fraction of sp³-hybridized carbons (Fsp3) is 0.357. The highest BCUT2D eigenvalue weighted by molar-refractivity contribution is 5.86. The van der Waals surface area contributed by atoms with Crippen LogP contribution in [-0.2, 0) is 0 Å². The molecule has 1 aromatic rings. The van der Waals surface area contributed by atoms with Gasteiger partial charge in [0, 0.05) is 11.6 Å². The third kappa shape index (κ3) is 2.79. The van der Waals surface area contributed by atoms with Crippen molar-refractivity contribution in [1.29, 1.82) is 5.41 Å². The first kappa shape index (κ1) is 10.2. The van der Waals surface area contributed by atoms with Gasteiger partial charge >= 0.3 is 0 Å². The molecule has 15 heavy (non-hydrogen) atoms. The molecule has 0 saturated heterocycles. The van der Waals surface area contributed by atoms with E-state index in [2.05, 4.69) is 24.3 Å². The van der Waals surface area contributed by atoms with Crippen LogP contribution in [0.2, 0.25) is 0 Å². The molecule has 1 aliphatic rings. The highest BCUT2D eigenvalue weighted by Gasteiger charge is 2.15. The van der Waals surface area contributed by atoms with Gasteiger partial charge in [-0.2, -0.15) is 0 Å².